The summed E-state index contributed by atoms with van der Waals surface area (Å²) in [5.41, 5.74) is 1.78. The minimum absolute atomic E-state index is 0.333. The summed E-state index contributed by atoms with van der Waals surface area (Å²) < 4.78 is 0. The Bertz CT molecular complexity index is 388. The number of hydrogen-bond acceptors (Lipinski definition) is 3. The zero-order chi connectivity index (χ0) is 11.6. The molecule has 0 unspecified atom stereocenters. The molecule has 0 aliphatic carbocycles. The van der Waals surface area contributed by atoms with Gasteiger partial charge in [-0.2, -0.15) is 0 Å². The number of carbonyl (C=O) groups is 1. The van der Waals surface area contributed by atoms with Gasteiger partial charge in [-0.25, -0.2) is 4.79 Å². The lowest BCUT2D eigenvalue weighted by Crippen LogP contribution is -2.06. The number of thioether (sulfide) groups is 1. The van der Waals surface area contributed by atoms with E-state index >= 15 is 0 Å². The van der Waals surface area contributed by atoms with Crippen LogP contribution >= 0.6 is 11.8 Å². The van der Waals surface area contributed by atoms with Crippen molar-refractivity contribution in [1.29, 1.82) is 0 Å². The van der Waals surface area contributed by atoms with Crippen molar-refractivity contribution in [3.8, 4) is 0 Å². The molecule has 15 heavy (non-hydrogen) atoms. The zero-order valence-corrected chi connectivity index (χ0v) is 10.2. The molecular formula is C11H15NO2S. The lowest BCUT2D eigenvalue weighted by atomic mass is 10.2. The SMILES string of the molecule is Cc1cc(SC(C)C)c(C(=O)O)c(C)n1. The van der Waals surface area contributed by atoms with Gasteiger partial charge in [-0.15, -0.1) is 11.8 Å². The monoisotopic (exact) mass is 225 g/mol. The number of hydrogen-bond donors (Lipinski definition) is 1. The van der Waals surface area contributed by atoms with Crippen LogP contribution in [0.25, 0.3) is 0 Å². The highest BCUT2D eigenvalue weighted by atomic mass is 32.2. The standard InChI is InChI=1S/C11H15NO2S/c1-6(2)15-9-5-7(3)12-8(4)10(9)11(13)14/h5-6H,1-4H3,(H,13,14). The summed E-state index contributed by atoms with van der Waals surface area (Å²) in [6.45, 7) is 7.70. The van der Waals surface area contributed by atoms with Crippen LogP contribution in [0.2, 0.25) is 0 Å². The molecule has 1 N–H and O–H groups in total. The maximum Gasteiger partial charge on any atom is 0.338 e. The van der Waals surface area contributed by atoms with Gasteiger partial charge in [0.25, 0.3) is 0 Å². The third-order valence-corrected chi connectivity index (χ3v) is 2.92. The maximum absolute atomic E-state index is 11.1. The first kappa shape index (κ1) is 12.0. The molecule has 0 aliphatic heterocycles. The largest absolute Gasteiger partial charge is 0.478 e. The van der Waals surface area contributed by atoms with E-state index in [0.717, 1.165) is 10.6 Å². The second-order valence-electron chi connectivity index (χ2n) is 3.69. The van der Waals surface area contributed by atoms with Crippen LogP contribution in [0.3, 0.4) is 0 Å². The molecule has 82 valence electrons. The van der Waals surface area contributed by atoms with E-state index in [1.165, 1.54) is 0 Å². The molecule has 0 fully saturated rings. The Kier molecular flexibility index (Phi) is 3.74. The first-order chi connectivity index (χ1) is 6.91. The quantitative estimate of drug-likeness (QED) is 0.804. The first-order valence-corrected chi connectivity index (χ1v) is 5.68. The normalized spacial score (nSPS) is 10.7. The first-order valence-electron chi connectivity index (χ1n) is 4.80. The van der Waals surface area contributed by atoms with Crippen molar-refractivity contribution in [3.05, 3.63) is 23.0 Å². The number of nitrogens with zero attached hydrogens (tertiary/aromatic N) is 1. The molecule has 0 saturated heterocycles. The summed E-state index contributed by atoms with van der Waals surface area (Å²) in [5.74, 6) is -0.900. The smallest absolute Gasteiger partial charge is 0.338 e. The highest BCUT2D eigenvalue weighted by Crippen LogP contribution is 2.28. The van der Waals surface area contributed by atoms with Crippen LogP contribution in [0, 0.1) is 13.8 Å². The second kappa shape index (κ2) is 4.66. The number of aromatic carboxylic acids is 1. The fraction of sp³-hybridized carbons (Fsp3) is 0.455. The number of carboxylic acids is 1. The van der Waals surface area contributed by atoms with E-state index in [1.807, 2.05) is 26.8 Å². The molecule has 0 saturated carbocycles. The molecule has 0 amide bonds. The van der Waals surface area contributed by atoms with Gasteiger partial charge in [-0.05, 0) is 19.9 Å². The molecule has 1 rings (SSSR count). The van der Waals surface area contributed by atoms with Gasteiger partial charge in [0.15, 0.2) is 0 Å². The van der Waals surface area contributed by atoms with E-state index in [-0.39, 0.29) is 0 Å². The van der Waals surface area contributed by atoms with Gasteiger partial charge in [0, 0.05) is 15.8 Å². The molecular weight excluding hydrogens is 210 g/mol. The molecule has 0 bridgehead atoms. The molecule has 0 radical (unpaired) electrons. The minimum atomic E-state index is -0.900. The van der Waals surface area contributed by atoms with E-state index in [4.69, 9.17) is 5.11 Å². The van der Waals surface area contributed by atoms with E-state index < -0.39 is 5.97 Å². The molecule has 1 heterocycles. The van der Waals surface area contributed by atoms with Crippen LogP contribution in [0.5, 0.6) is 0 Å². The second-order valence-corrected chi connectivity index (χ2v) is 5.31. The predicted octanol–water partition coefficient (Wildman–Crippen LogP) is 2.90. The Morgan fingerprint density at radius 3 is 2.53 bits per heavy atom. The van der Waals surface area contributed by atoms with Gasteiger partial charge < -0.3 is 5.11 Å². The van der Waals surface area contributed by atoms with Crippen molar-refractivity contribution >= 4 is 17.7 Å². The fourth-order valence-electron chi connectivity index (χ4n) is 1.40. The summed E-state index contributed by atoms with van der Waals surface area (Å²) >= 11 is 1.56. The Hall–Kier alpha value is -1.03. The zero-order valence-electron chi connectivity index (χ0n) is 9.37. The highest BCUT2D eigenvalue weighted by Gasteiger charge is 2.16. The van der Waals surface area contributed by atoms with Gasteiger partial charge >= 0.3 is 5.97 Å². The van der Waals surface area contributed by atoms with Gasteiger partial charge in [0.2, 0.25) is 0 Å². The number of rotatable bonds is 3. The van der Waals surface area contributed by atoms with Crippen molar-refractivity contribution in [2.75, 3.05) is 0 Å². The summed E-state index contributed by atoms with van der Waals surface area (Å²) in [4.78, 5) is 16.1. The fourth-order valence-corrected chi connectivity index (χ4v) is 2.50. The molecule has 0 aromatic carbocycles. The van der Waals surface area contributed by atoms with Gasteiger partial charge in [0.05, 0.1) is 11.3 Å². The Labute approximate surface area is 93.9 Å². The third kappa shape index (κ3) is 2.96. The number of pyridine rings is 1. The van der Waals surface area contributed by atoms with Crippen molar-refractivity contribution in [1.82, 2.24) is 4.98 Å². The van der Waals surface area contributed by atoms with E-state index in [1.54, 1.807) is 18.7 Å². The van der Waals surface area contributed by atoms with Crippen LogP contribution in [-0.4, -0.2) is 21.3 Å². The van der Waals surface area contributed by atoms with E-state index in [9.17, 15) is 4.79 Å². The molecule has 3 nitrogen and oxygen atoms in total. The van der Waals surface area contributed by atoms with Gasteiger partial charge in [-0.3, -0.25) is 4.98 Å². The minimum Gasteiger partial charge on any atom is -0.478 e. The third-order valence-electron chi connectivity index (χ3n) is 1.87. The van der Waals surface area contributed by atoms with Crippen molar-refractivity contribution in [2.24, 2.45) is 0 Å². The average Bonchev–Trinajstić information content (AvgIpc) is 1.99. The lowest BCUT2D eigenvalue weighted by Gasteiger charge is -2.11. The van der Waals surface area contributed by atoms with Crippen molar-refractivity contribution < 1.29 is 9.90 Å². The van der Waals surface area contributed by atoms with Crippen LogP contribution < -0.4 is 0 Å². The average molecular weight is 225 g/mol. The maximum atomic E-state index is 11.1. The van der Waals surface area contributed by atoms with Gasteiger partial charge in [0.1, 0.15) is 0 Å². The Morgan fingerprint density at radius 2 is 2.07 bits per heavy atom. The summed E-state index contributed by atoms with van der Waals surface area (Å²) in [6, 6.07) is 1.83. The number of aromatic nitrogens is 1. The molecule has 0 atom stereocenters. The van der Waals surface area contributed by atoms with E-state index in [2.05, 4.69) is 4.98 Å². The summed E-state index contributed by atoms with van der Waals surface area (Å²) in [7, 11) is 0. The lowest BCUT2D eigenvalue weighted by molar-refractivity contribution is 0.0691. The molecule has 1 aromatic rings. The molecule has 0 spiro atoms. The van der Waals surface area contributed by atoms with Gasteiger partial charge in [-0.1, -0.05) is 13.8 Å². The van der Waals surface area contributed by atoms with Crippen LogP contribution in [-0.2, 0) is 0 Å². The molecule has 4 heteroatoms. The van der Waals surface area contributed by atoms with Crippen LogP contribution in [0.4, 0.5) is 0 Å². The molecule has 0 aliphatic rings. The topological polar surface area (TPSA) is 50.2 Å². The highest BCUT2D eigenvalue weighted by molar-refractivity contribution is 8.00. The van der Waals surface area contributed by atoms with Crippen LogP contribution in [0.15, 0.2) is 11.0 Å². The Morgan fingerprint density at radius 1 is 1.47 bits per heavy atom. The number of aryl methyl sites for hydroxylation is 2. The predicted molar refractivity (Wildman–Crippen MR) is 61.7 cm³/mol. The summed E-state index contributed by atoms with van der Waals surface area (Å²) in [6.07, 6.45) is 0. The van der Waals surface area contributed by atoms with Crippen molar-refractivity contribution in [3.63, 3.8) is 0 Å². The van der Waals surface area contributed by atoms with E-state index in [0.29, 0.717) is 16.5 Å². The number of carboxylic acid groups (broad SMARTS) is 1. The van der Waals surface area contributed by atoms with Crippen molar-refractivity contribution in [2.45, 2.75) is 37.8 Å². The Balaban J connectivity index is 3.27. The van der Waals surface area contributed by atoms with Crippen LogP contribution in [0.1, 0.15) is 35.6 Å². The molecule has 1 aromatic heterocycles. The summed E-state index contributed by atoms with van der Waals surface area (Å²) in [5, 5.41) is 9.46.